The van der Waals surface area contributed by atoms with Gasteiger partial charge in [-0.15, -0.1) is 0 Å². The number of para-hydroxylation sites is 2. The molecule has 3 N–H and O–H groups in total. The third-order valence-corrected chi connectivity index (χ3v) is 9.13. The number of benzene rings is 2. The fourth-order valence-electron chi connectivity index (χ4n) is 6.09. The average molecular weight is 507 g/mol. The Morgan fingerprint density at radius 3 is 2.14 bits per heavy atom. The number of hydrogen-bond acceptors (Lipinski definition) is 3. The highest BCUT2D eigenvalue weighted by molar-refractivity contribution is 5.91. The largest absolute Gasteiger partial charge is 0.376 e. The van der Waals surface area contributed by atoms with E-state index in [4.69, 9.17) is 4.74 Å². The van der Waals surface area contributed by atoms with Crippen LogP contribution in [0.25, 0.3) is 0 Å². The van der Waals surface area contributed by atoms with E-state index in [-0.39, 0.29) is 29.0 Å². The van der Waals surface area contributed by atoms with E-state index < -0.39 is 0 Å². The number of rotatable bonds is 9. The predicted molar refractivity (Wildman–Crippen MR) is 149 cm³/mol. The summed E-state index contributed by atoms with van der Waals surface area (Å²) in [5.41, 5.74) is 4.01. The molecular weight excluding hydrogens is 464 g/mol. The van der Waals surface area contributed by atoms with Gasteiger partial charge in [-0.3, -0.25) is 0 Å². The fraction of sp³-hybridized carbons (Fsp3) is 0.533. The minimum Gasteiger partial charge on any atom is -0.376 e. The van der Waals surface area contributed by atoms with Crippen molar-refractivity contribution in [1.29, 1.82) is 0 Å². The number of urea groups is 2. The highest BCUT2D eigenvalue weighted by Gasteiger charge is 2.61. The molecule has 7 heteroatoms. The lowest BCUT2D eigenvalue weighted by molar-refractivity contribution is -0.0494. The van der Waals surface area contributed by atoms with Crippen molar-refractivity contribution in [2.45, 2.75) is 60.0 Å². The molecular formula is C30H42N4O3. The molecule has 0 aromatic heterocycles. The molecule has 2 saturated carbocycles. The molecule has 0 radical (unpaired) electrons. The number of carbonyl (C=O) groups excluding carboxylic acids is 2. The molecule has 200 valence electrons. The summed E-state index contributed by atoms with van der Waals surface area (Å²) in [6.45, 7) is 12.7. The highest BCUT2D eigenvalue weighted by Crippen LogP contribution is 2.66. The van der Waals surface area contributed by atoms with Gasteiger partial charge in [-0.1, -0.05) is 57.2 Å². The fourth-order valence-corrected chi connectivity index (χ4v) is 6.09. The van der Waals surface area contributed by atoms with Crippen LogP contribution >= 0.6 is 0 Å². The van der Waals surface area contributed by atoms with Gasteiger partial charge in [0.2, 0.25) is 0 Å². The lowest BCUT2D eigenvalue weighted by Gasteiger charge is -2.39. The molecule has 2 aliphatic carbocycles. The highest BCUT2D eigenvalue weighted by atomic mass is 16.5. The summed E-state index contributed by atoms with van der Waals surface area (Å²) in [7, 11) is 0. The molecule has 3 atom stereocenters. The summed E-state index contributed by atoms with van der Waals surface area (Å²) in [4.78, 5) is 27.4. The van der Waals surface area contributed by atoms with Gasteiger partial charge in [0.05, 0.1) is 12.7 Å². The van der Waals surface area contributed by atoms with E-state index in [1.54, 1.807) is 4.90 Å². The number of nitrogens with one attached hydrogen (secondary N) is 3. The van der Waals surface area contributed by atoms with Crippen LogP contribution in [0.1, 0.15) is 51.2 Å². The van der Waals surface area contributed by atoms with Crippen LogP contribution in [-0.2, 0) is 4.74 Å². The number of hydrogen-bond donors (Lipinski definition) is 3. The van der Waals surface area contributed by atoms with Crippen molar-refractivity contribution in [2.24, 2.45) is 16.7 Å². The van der Waals surface area contributed by atoms with Gasteiger partial charge in [0.25, 0.3) is 0 Å². The minimum atomic E-state index is -0.290. The lowest BCUT2D eigenvalue weighted by atomic mass is 9.70. The van der Waals surface area contributed by atoms with Gasteiger partial charge >= 0.3 is 12.1 Å². The minimum absolute atomic E-state index is 0.182. The first kappa shape index (κ1) is 27.0. The molecule has 4 amide bonds. The van der Waals surface area contributed by atoms with Gasteiger partial charge in [-0.2, -0.15) is 0 Å². The molecule has 0 heterocycles. The first-order chi connectivity index (χ1) is 17.6. The molecule has 0 saturated heterocycles. The Labute approximate surface area is 221 Å². The van der Waals surface area contributed by atoms with Crippen LogP contribution in [0.2, 0.25) is 0 Å². The van der Waals surface area contributed by atoms with E-state index in [1.807, 2.05) is 62.4 Å². The Kier molecular flexibility index (Phi) is 8.12. The molecule has 7 nitrogen and oxygen atoms in total. The standard InChI is InChI=1S/C30H42N4O3/c1-21-10-6-8-12-24(21)32-27(35)31-16-17-34(28(36)33-25-13-9-7-11-22(25)2)18-19-37-26-20-23-14-15-30(26,5)29(23,3)4/h6-13,23,26H,14-20H2,1-5H3,(H,33,36)(H2,31,32,35)/t23-,26+,30-/m1/s1. The van der Waals surface area contributed by atoms with Crippen LogP contribution in [0.15, 0.2) is 48.5 Å². The maximum atomic E-state index is 13.2. The lowest BCUT2D eigenvalue weighted by Crippen LogP contribution is -2.44. The van der Waals surface area contributed by atoms with Crippen LogP contribution in [0, 0.1) is 30.6 Å². The van der Waals surface area contributed by atoms with Crippen LogP contribution in [0.4, 0.5) is 21.0 Å². The van der Waals surface area contributed by atoms with Crippen LogP contribution in [-0.4, -0.2) is 49.3 Å². The van der Waals surface area contributed by atoms with Crippen molar-refractivity contribution < 1.29 is 14.3 Å². The zero-order chi connectivity index (χ0) is 26.6. The Morgan fingerprint density at radius 1 is 0.946 bits per heavy atom. The quantitative estimate of drug-likeness (QED) is 0.379. The summed E-state index contributed by atoms with van der Waals surface area (Å²) >= 11 is 0. The second kappa shape index (κ2) is 11.1. The smallest absolute Gasteiger partial charge is 0.321 e. The van der Waals surface area contributed by atoms with Gasteiger partial charge in [0.1, 0.15) is 0 Å². The van der Waals surface area contributed by atoms with Crippen molar-refractivity contribution in [3.63, 3.8) is 0 Å². The van der Waals surface area contributed by atoms with Gasteiger partial charge in [0, 0.05) is 31.0 Å². The van der Waals surface area contributed by atoms with E-state index in [0.29, 0.717) is 32.2 Å². The van der Waals surface area contributed by atoms with E-state index in [2.05, 4.69) is 36.7 Å². The predicted octanol–water partition coefficient (Wildman–Crippen LogP) is 6.19. The van der Waals surface area contributed by atoms with Gasteiger partial charge < -0.3 is 25.6 Å². The van der Waals surface area contributed by atoms with Crippen molar-refractivity contribution in [1.82, 2.24) is 10.2 Å². The summed E-state index contributed by atoms with van der Waals surface area (Å²) in [6, 6.07) is 14.9. The average Bonchev–Trinajstić information content (AvgIpc) is 3.19. The Hall–Kier alpha value is -3.06. The van der Waals surface area contributed by atoms with Crippen molar-refractivity contribution >= 4 is 23.4 Å². The van der Waals surface area contributed by atoms with Gasteiger partial charge in [0.15, 0.2) is 0 Å². The summed E-state index contributed by atoms with van der Waals surface area (Å²) in [6.07, 6.45) is 3.80. The summed E-state index contributed by atoms with van der Waals surface area (Å²) in [5, 5.41) is 8.78. The normalized spacial score (nSPS) is 23.5. The maximum absolute atomic E-state index is 13.2. The molecule has 2 fully saturated rings. The number of aryl methyl sites for hydroxylation is 2. The second-order valence-corrected chi connectivity index (χ2v) is 11.4. The third-order valence-electron chi connectivity index (χ3n) is 9.13. The zero-order valence-electron chi connectivity index (χ0n) is 22.9. The van der Waals surface area contributed by atoms with Crippen LogP contribution in [0.3, 0.4) is 0 Å². The van der Waals surface area contributed by atoms with Crippen LogP contribution < -0.4 is 16.0 Å². The second-order valence-electron chi connectivity index (χ2n) is 11.4. The Morgan fingerprint density at radius 2 is 1.57 bits per heavy atom. The molecule has 0 unspecified atom stereocenters. The van der Waals surface area contributed by atoms with Crippen molar-refractivity contribution in [2.75, 3.05) is 36.9 Å². The monoisotopic (exact) mass is 506 g/mol. The van der Waals surface area contributed by atoms with E-state index in [1.165, 1.54) is 12.8 Å². The van der Waals surface area contributed by atoms with E-state index in [9.17, 15) is 9.59 Å². The summed E-state index contributed by atoms with van der Waals surface area (Å²) < 4.78 is 6.43. The zero-order valence-corrected chi connectivity index (χ0v) is 22.9. The number of ether oxygens (including phenoxy) is 1. The molecule has 4 rings (SSSR count). The Bertz CT molecular complexity index is 1120. The van der Waals surface area contributed by atoms with Gasteiger partial charge in [-0.25, -0.2) is 9.59 Å². The number of carbonyl (C=O) groups is 2. The number of nitrogens with zero attached hydrogens (tertiary/aromatic N) is 1. The molecule has 2 bridgehead atoms. The van der Waals surface area contributed by atoms with Crippen molar-refractivity contribution in [3.8, 4) is 0 Å². The maximum Gasteiger partial charge on any atom is 0.321 e. The molecule has 2 aromatic rings. The molecule has 2 aromatic carbocycles. The number of fused-ring (bicyclic) bond motifs is 2. The molecule has 0 aliphatic heterocycles. The van der Waals surface area contributed by atoms with E-state index >= 15 is 0 Å². The van der Waals surface area contributed by atoms with Gasteiger partial charge in [-0.05, 0) is 73.1 Å². The van der Waals surface area contributed by atoms with Crippen LogP contribution in [0.5, 0.6) is 0 Å². The first-order valence-corrected chi connectivity index (χ1v) is 13.5. The van der Waals surface area contributed by atoms with E-state index in [0.717, 1.165) is 28.9 Å². The SMILES string of the molecule is Cc1ccccc1NC(=O)NCCN(CCO[C@H]1C[C@H]2CC[C@@]1(C)C2(C)C)C(=O)Nc1ccccc1C. The van der Waals surface area contributed by atoms with Crippen molar-refractivity contribution in [3.05, 3.63) is 59.7 Å². The third kappa shape index (κ3) is 5.77. The molecule has 37 heavy (non-hydrogen) atoms. The molecule has 2 aliphatic rings. The number of anilines is 2. The topological polar surface area (TPSA) is 82.7 Å². The Balaban J connectivity index is 1.33. The first-order valence-electron chi connectivity index (χ1n) is 13.5. The molecule has 0 spiro atoms. The summed E-state index contributed by atoms with van der Waals surface area (Å²) in [5.74, 6) is 0.707. The number of amides is 4.